The normalized spacial score (nSPS) is 17.4. The van der Waals surface area contributed by atoms with Crippen LogP contribution < -0.4 is 5.69 Å². The second-order valence-electron chi connectivity index (χ2n) is 6.52. The maximum Gasteiger partial charge on any atom is 0.323 e. The topological polar surface area (TPSA) is 81.8 Å². The van der Waals surface area contributed by atoms with E-state index >= 15 is 0 Å². The quantitative estimate of drug-likeness (QED) is 0.572. The molecule has 1 aliphatic heterocycles. The first-order valence-corrected chi connectivity index (χ1v) is 9.39. The number of amides is 1. The first-order valence-electron chi connectivity index (χ1n) is 8.57. The largest absolute Gasteiger partial charge is 0.329 e. The Morgan fingerprint density at radius 3 is 2.88 bits per heavy atom. The number of nitrogens with zero attached hydrogens (tertiary/aromatic N) is 2. The van der Waals surface area contributed by atoms with Crippen LogP contribution in [-0.2, 0) is 0 Å². The van der Waals surface area contributed by atoms with Crippen molar-refractivity contribution in [3.8, 4) is 0 Å². The molecular weight excluding hydrogens is 348 g/mol. The van der Waals surface area contributed by atoms with Crippen molar-refractivity contribution in [3.63, 3.8) is 0 Å². The SMILES string of the molecule is O=C(c1ccc2[nH]c(=O)[nH]c2c1)N1CCC[C@@H]1c1nc2ccccc2s1. The minimum absolute atomic E-state index is 0.0147. The molecule has 3 heterocycles. The zero-order valence-electron chi connectivity index (χ0n) is 13.9. The van der Waals surface area contributed by atoms with Gasteiger partial charge in [0.2, 0.25) is 0 Å². The van der Waals surface area contributed by atoms with Gasteiger partial charge < -0.3 is 14.9 Å². The Labute approximate surface area is 152 Å². The van der Waals surface area contributed by atoms with Crippen molar-refractivity contribution < 1.29 is 4.79 Å². The number of H-pyrrole nitrogens is 2. The molecular formula is C19H16N4O2S. The van der Waals surface area contributed by atoms with Crippen molar-refractivity contribution in [2.45, 2.75) is 18.9 Å². The van der Waals surface area contributed by atoms with Gasteiger partial charge in [0.05, 0.1) is 27.3 Å². The molecule has 1 aliphatic rings. The third-order valence-corrected chi connectivity index (χ3v) is 6.01. The van der Waals surface area contributed by atoms with Crippen molar-refractivity contribution in [1.29, 1.82) is 0 Å². The fourth-order valence-corrected chi connectivity index (χ4v) is 4.75. The van der Waals surface area contributed by atoms with Crippen LogP contribution >= 0.6 is 11.3 Å². The molecule has 0 radical (unpaired) electrons. The molecule has 130 valence electrons. The Morgan fingerprint density at radius 2 is 2.00 bits per heavy atom. The summed E-state index contributed by atoms with van der Waals surface area (Å²) < 4.78 is 1.15. The van der Waals surface area contributed by atoms with E-state index in [1.54, 1.807) is 29.5 Å². The molecule has 5 rings (SSSR count). The minimum Gasteiger partial charge on any atom is -0.329 e. The molecule has 1 fully saturated rings. The Hall–Kier alpha value is -2.93. The van der Waals surface area contributed by atoms with Crippen LogP contribution in [0.5, 0.6) is 0 Å². The number of rotatable bonds is 2. The first kappa shape index (κ1) is 15.3. The molecule has 2 aromatic carbocycles. The van der Waals surface area contributed by atoms with Crippen molar-refractivity contribution >= 4 is 38.5 Å². The fraction of sp³-hybridized carbons (Fsp3) is 0.211. The van der Waals surface area contributed by atoms with Gasteiger partial charge in [0.1, 0.15) is 5.01 Å². The summed E-state index contributed by atoms with van der Waals surface area (Å²) in [6.07, 6.45) is 1.89. The number of hydrogen-bond acceptors (Lipinski definition) is 4. The molecule has 0 unspecified atom stereocenters. The van der Waals surface area contributed by atoms with Gasteiger partial charge in [-0.3, -0.25) is 4.79 Å². The van der Waals surface area contributed by atoms with Gasteiger partial charge in [-0.1, -0.05) is 12.1 Å². The van der Waals surface area contributed by atoms with E-state index in [-0.39, 0.29) is 17.6 Å². The number of benzene rings is 2. The van der Waals surface area contributed by atoms with Gasteiger partial charge in [-0.25, -0.2) is 9.78 Å². The Morgan fingerprint density at radius 1 is 1.15 bits per heavy atom. The van der Waals surface area contributed by atoms with E-state index in [1.807, 2.05) is 23.1 Å². The zero-order chi connectivity index (χ0) is 17.7. The third-order valence-electron chi connectivity index (χ3n) is 4.87. The number of nitrogens with one attached hydrogen (secondary N) is 2. The highest BCUT2D eigenvalue weighted by Crippen LogP contribution is 2.37. The molecule has 0 bridgehead atoms. The number of fused-ring (bicyclic) bond motifs is 2. The number of imidazole rings is 1. The summed E-state index contributed by atoms with van der Waals surface area (Å²) in [5, 5.41) is 0.994. The van der Waals surface area contributed by atoms with Crippen LogP contribution in [0.15, 0.2) is 47.3 Å². The predicted octanol–water partition coefficient (Wildman–Crippen LogP) is 3.44. The molecule has 6 nitrogen and oxygen atoms in total. The second-order valence-corrected chi connectivity index (χ2v) is 7.58. The van der Waals surface area contributed by atoms with Crippen molar-refractivity contribution in [2.24, 2.45) is 0 Å². The highest BCUT2D eigenvalue weighted by molar-refractivity contribution is 7.18. The summed E-state index contributed by atoms with van der Waals surface area (Å²) in [6, 6.07) is 13.3. The molecule has 7 heteroatoms. The maximum absolute atomic E-state index is 13.1. The van der Waals surface area contributed by atoms with Crippen LogP contribution in [0.1, 0.15) is 34.2 Å². The number of hydrogen-bond donors (Lipinski definition) is 2. The molecule has 2 aromatic heterocycles. The number of carbonyl (C=O) groups excluding carboxylic acids is 1. The van der Waals surface area contributed by atoms with Gasteiger partial charge in [0.15, 0.2) is 0 Å². The summed E-state index contributed by atoms with van der Waals surface area (Å²) in [7, 11) is 0. The molecule has 1 amide bonds. The summed E-state index contributed by atoms with van der Waals surface area (Å²) in [4.78, 5) is 36.6. The summed E-state index contributed by atoms with van der Waals surface area (Å²) >= 11 is 1.66. The lowest BCUT2D eigenvalue weighted by atomic mass is 10.1. The van der Waals surface area contributed by atoms with Crippen molar-refractivity contribution in [2.75, 3.05) is 6.54 Å². The summed E-state index contributed by atoms with van der Waals surface area (Å²) in [6.45, 7) is 0.723. The van der Waals surface area contributed by atoms with Gasteiger partial charge in [0.25, 0.3) is 5.91 Å². The monoisotopic (exact) mass is 364 g/mol. The summed E-state index contributed by atoms with van der Waals surface area (Å²) in [5.41, 5.74) is 2.66. The smallest absolute Gasteiger partial charge is 0.323 e. The first-order chi connectivity index (χ1) is 12.7. The van der Waals surface area contributed by atoms with Crippen LogP contribution in [0.2, 0.25) is 0 Å². The average molecular weight is 364 g/mol. The second kappa shape index (κ2) is 5.81. The van der Waals surface area contributed by atoms with Gasteiger partial charge in [-0.15, -0.1) is 11.3 Å². The number of aromatic amines is 2. The molecule has 4 aromatic rings. The number of carbonyl (C=O) groups is 1. The van der Waals surface area contributed by atoms with Crippen LogP contribution in [0.4, 0.5) is 0 Å². The van der Waals surface area contributed by atoms with E-state index < -0.39 is 0 Å². The lowest BCUT2D eigenvalue weighted by Crippen LogP contribution is -2.30. The van der Waals surface area contributed by atoms with Gasteiger partial charge in [0, 0.05) is 12.1 Å². The van der Waals surface area contributed by atoms with Crippen molar-refractivity contribution in [1.82, 2.24) is 19.9 Å². The van der Waals surface area contributed by atoms with Crippen LogP contribution in [0.3, 0.4) is 0 Å². The van der Waals surface area contributed by atoms with E-state index in [9.17, 15) is 9.59 Å². The Bertz CT molecular complexity index is 1160. The highest BCUT2D eigenvalue weighted by Gasteiger charge is 2.32. The van der Waals surface area contributed by atoms with E-state index in [1.165, 1.54) is 0 Å². The number of likely N-dealkylation sites (tertiary alicyclic amines) is 1. The molecule has 0 aliphatic carbocycles. The van der Waals surface area contributed by atoms with Crippen molar-refractivity contribution in [3.05, 3.63) is 63.5 Å². The lowest BCUT2D eigenvalue weighted by molar-refractivity contribution is 0.0735. The fourth-order valence-electron chi connectivity index (χ4n) is 3.63. The molecule has 0 spiro atoms. The number of thiazole rings is 1. The number of para-hydroxylation sites is 1. The van der Waals surface area contributed by atoms with Crippen LogP contribution in [0.25, 0.3) is 21.3 Å². The number of aromatic nitrogens is 3. The maximum atomic E-state index is 13.1. The van der Waals surface area contributed by atoms with Gasteiger partial charge in [-0.2, -0.15) is 0 Å². The van der Waals surface area contributed by atoms with Crippen LogP contribution in [-0.4, -0.2) is 32.3 Å². The molecule has 26 heavy (non-hydrogen) atoms. The standard InChI is InChI=1S/C19H16N4O2S/c24-18(11-7-8-12-14(10-11)22-19(25)21-12)23-9-3-5-15(23)17-20-13-4-1-2-6-16(13)26-17/h1-2,4,6-8,10,15H,3,5,9H2,(H2,21,22,25)/t15-/m1/s1. The molecule has 2 N–H and O–H groups in total. The molecule has 0 saturated carbocycles. The van der Waals surface area contributed by atoms with E-state index in [4.69, 9.17) is 4.98 Å². The summed E-state index contributed by atoms with van der Waals surface area (Å²) in [5.74, 6) is -0.0179. The zero-order valence-corrected chi connectivity index (χ0v) is 14.7. The highest BCUT2D eigenvalue weighted by atomic mass is 32.1. The minimum atomic E-state index is -0.266. The molecule has 1 saturated heterocycles. The van der Waals surface area contributed by atoms with Crippen LogP contribution in [0, 0.1) is 0 Å². The van der Waals surface area contributed by atoms with Gasteiger partial charge in [-0.05, 0) is 43.2 Å². The lowest BCUT2D eigenvalue weighted by Gasteiger charge is -2.23. The predicted molar refractivity (Wildman–Crippen MR) is 102 cm³/mol. The molecule has 1 atom stereocenters. The third kappa shape index (κ3) is 2.43. The van der Waals surface area contributed by atoms with E-state index in [2.05, 4.69) is 16.0 Å². The van der Waals surface area contributed by atoms with E-state index in [0.717, 1.165) is 34.6 Å². The average Bonchev–Trinajstić information content (AvgIpc) is 3.36. The van der Waals surface area contributed by atoms with Gasteiger partial charge >= 0.3 is 5.69 Å². The Kier molecular flexibility index (Phi) is 3.43. The Balaban J connectivity index is 1.50. The van der Waals surface area contributed by atoms with E-state index in [0.29, 0.717) is 16.6 Å².